The van der Waals surface area contributed by atoms with Gasteiger partial charge >= 0.3 is 0 Å². The van der Waals surface area contributed by atoms with Crippen molar-refractivity contribution in [2.75, 3.05) is 13.2 Å². The lowest BCUT2D eigenvalue weighted by molar-refractivity contribution is -0.305. The normalized spacial score (nSPS) is 16.2. The van der Waals surface area contributed by atoms with Crippen molar-refractivity contribution in [3.63, 3.8) is 0 Å². The van der Waals surface area contributed by atoms with Crippen molar-refractivity contribution in [3.05, 3.63) is 34.7 Å². The van der Waals surface area contributed by atoms with Crippen LogP contribution in [0.1, 0.15) is 25.3 Å². The molecule has 1 aliphatic rings. The molecule has 1 aliphatic heterocycles. The molecule has 1 amide bonds. The molecule has 0 aromatic heterocycles. The minimum absolute atomic E-state index is 0.217. The van der Waals surface area contributed by atoms with Crippen molar-refractivity contribution in [1.82, 2.24) is 4.90 Å². The molecule has 0 unspecified atom stereocenters. The van der Waals surface area contributed by atoms with Crippen LogP contribution in [0, 0.1) is 0 Å². The van der Waals surface area contributed by atoms with E-state index in [0.29, 0.717) is 17.3 Å². The van der Waals surface area contributed by atoms with E-state index in [1.807, 2.05) is 24.3 Å². The summed E-state index contributed by atoms with van der Waals surface area (Å²) in [6.45, 7) is 2.15. The maximum absolute atomic E-state index is 12.2. The Balaban J connectivity index is 2.20. The van der Waals surface area contributed by atoms with Gasteiger partial charge in [0.2, 0.25) is 0 Å². The number of carboxylic acids is 1. The van der Waals surface area contributed by atoms with Crippen molar-refractivity contribution < 1.29 is 19.4 Å². The van der Waals surface area contributed by atoms with Crippen molar-refractivity contribution in [2.45, 2.75) is 19.8 Å². The van der Waals surface area contributed by atoms with Crippen LogP contribution in [-0.4, -0.2) is 34.2 Å². The molecular weight excluding hydrogens is 334 g/mol. The van der Waals surface area contributed by atoms with Gasteiger partial charge in [0.25, 0.3) is 5.91 Å². The van der Waals surface area contributed by atoms with Gasteiger partial charge in [-0.25, -0.2) is 0 Å². The van der Waals surface area contributed by atoms with E-state index >= 15 is 0 Å². The Labute approximate surface area is 144 Å². The van der Waals surface area contributed by atoms with E-state index in [2.05, 4.69) is 6.92 Å². The number of rotatable bonds is 7. The molecule has 122 valence electrons. The summed E-state index contributed by atoms with van der Waals surface area (Å²) in [5, 5.41) is 10.7. The fraction of sp³-hybridized carbons (Fsp3) is 0.312. The largest absolute Gasteiger partial charge is 0.548 e. The third-order valence-electron chi connectivity index (χ3n) is 3.12. The maximum Gasteiger partial charge on any atom is 0.266 e. The highest BCUT2D eigenvalue weighted by Gasteiger charge is 2.32. The molecule has 1 heterocycles. The van der Waals surface area contributed by atoms with Crippen LogP contribution < -0.4 is 9.84 Å². The summed E-state index contributed by atoms with van der Waals surface area (Å²) in [5.74, 6) is -1.08. The number of carbonyl (C=O) groups is 2. The molecule has 1 fully saturated rings. The molecule has 2 rings (SSSR count). The van der Waals surface area contributed by atoms with Gasteiger partial charge in [-0.3, -0.25) is 9.69 Å². The van der Waals surface area contributed by atoms with Gasteiger partial charge in [-0.1, -0.05) is 55.5 Å². The number of para-hydroxylation sites is 1. The van der Waals surface area contributed by atoms with Crippen LogP contribution in [0.2, 0.25) is 0 Å². The van der Waals surface area contributed by atoms with Crippen LogP contribution >= 0.6 is 24.0 Å². The van der Waals surface area contributed by atoms with E-state index < -0.39 is 18.4 Å². The third kappa shape index (κ3) is 4.56. The zero-order valence-corrected chi connectivity index (χ0v) is 14.2. The average Bonchev–Trinajstić information content (AvgIpc) is 2.76. The lowest BCUT2D eigenvalue weighted by Gasteiger charge is -2.14. The predicted octanol–water partition coefficient (Wildman–Crippen LogP) is 1.82. The number of carbonyl (C=O) groups excluding carboxylic acids is 2. The van der Waals surface area contributed by atoms with Gasteiger partial charge in [0.1, 0.15) is 10.1 Å². The first-order chi connectivity index (χ1) is 11.0. The molecule has 0 spiro atoms. The van der Waals surface area contributed by atoms with E-state index in [1.165, 1.54) is 0 Å². The highest BCUT2D eigenvalue weighted by atomic mass is 32.2. The van der Waals surface area contributed by atoms with Gasteiger partial charge in [-0.2, -0.15) is 0 Å². The Morgan fingerprint density at radius 1 is 1.43 bits per heavy atom. The zero-order valence-electron chi connectivity index (χ0n) is 12.6. The number of ether oxygens (including phenoxy) is 1. The van der Waals surface area contributed by atoms with Gasteiger partial charge in [-0.15, -0.1) is 0 Å². The molecule has 0 radical (unpaired) electrons. The fourth-order valence-electron chi connectivity index (χ4n) is 1.96. The number of nitrogens with zero attached hydrogens (tertiary/aromatic N) is 1. The minimum Gasteiger partial charge on any atom is -0.548 e. The molecule has 0 atom stereocenters. The number of benzene rings is 1. The summed E-state index contributed by atoms with van der Waals surface area (Å²) in [5.41, 5.74) is 0.762. The first-order valence-corrected chi connectivity index (χ1v) is 8.42. The van der Waals surface area contributed by atoms with Gasteiger partial charge in [0.05, 0.1) is 24.0 Å². The van der Waals surface area contributed by atoms with Crippen molar-refractivity contribution in [1.29, 1.82) is 0 Å². The summed E-state index contributed by atoms with van der Waals surface area (Å²) < 4.78 is 5.94. The molecule has 0 N–H and O–H groups in total. The number of hydrogen-bond donors (Lipinski definition) is 0. The van der Waals surface area contributed by atoms with Crippen LogP contribution in [0.25, 0.3) is 6.08 Å². The van der Waals surface area contributed by atoms with Gasteiger partial charge in [-0.05, 0) is 18.6 Å². The zero-order chi connectivity index (χ0) is 16.8. The first kappa shape index (κ1) is 17.5. The number of aliphatic carboxylic acids is 1. The Hall–Kier alpha value is -1.86. The summed E-state index contributed by atoms with van der Waals surface area (Å²) in [6.07, 6.45) is 3.65. The number of carboxylic acid groups (broad SMARTS) is 1. The van der Waals surface area contributed by atoms with Crippen LogP contribution in [-0.2, 0) is 9.59 Å². The van der Waals surface area contributed by atoms with Gasteiger partial charge in [0, 0.05) is 5.56 Å². The van der Waals surface area contributed by atoms with Crippen molar-refractivity contribution in [3.8, 4) is 5.75 Å². The van der Waals surface area contributed by atoms with E-state index in [0.717, 1.165) is 35.1 Å². The highest BCUT2D eigenvalue weighted by molar-refractivity contribution is 8.26. The highest BCUT2D eigenvalue weighted by Crippen LogP contribution is 2.34. The molecule has 1 aromatic rings. The Morgan fingerprint density at radius 2 is 2.17 bits per heavy atom. The number of amides is 1. The first-order valence-electron chi connectivity index (χ1n) is 7.20. The predicted molar refractivity (Wildman–Crippen MR) is 91.7 cm³/mol. The number of hydrogen-bond acceptors (Lipinski definition) is 6. The van der Waals surface area contributed by atoms with E-state index in [1.54, 1.807) is 6.08 Å². The van der Waals surface area contributed by atoms with E-state index in [-0.39, 0.29) is 4.32 Å². The van der Waals surface area contributed by atoms with E-state index in [4.69, 9.17) is 17.0 Å². The number of thioether (sulfide) groups is 1. The van der Waals surface area contributed by atoms with Gasteiger partial charge in [0.15, 0.2) is 0 Å². The molecule has 7 heteroatoms. The molecule has 0 bridgehead atoms. The summed E-state index contributed by atoms with van der Waals surface area (Å²) in [7, 11) is 0. The molecule has 1 aromatic carbocycles. The van der Waals surface area contributed by atoms with Crippen LogP contribution in [0.15, 0.2) is 29.2 Å². The number of thiocarbonyl (C=S) groups is 1. The molecule has 0 aliphatic carbocycles. The van der Waals surface area contributed by atoms with Crippen LogP contribution in [0.5, 0.6) is 5.75 Å². The average molecular weight is 350 g/mol. The monoisotopic (exact) mass is 350 g/mol. The maximum atomic E-state index is 12.2. The Bertz CT molecular complexity index is 657. The second kappa shape index (κ2) is 8.12. The van der Waals surface area contributed by atoms with Crippen LogP contribution in [0.4, 0.5) is 0 Å². The second-order valence-electron chi connectivity index (χ2n) is 4.88. The molecular formula is C16H16NO4S2-. The topological polar surface area (TPSA) is 69.7 Å². The summed E-state index contributed by atoms with van der Waals surface area (Å²) in [4.78, 5) is 24.4. The molecule has 23 heavy (non-hydrogen) atoms. The smallest absolute Gasteiger partial charge is 0.266 e. The standard InChI is InChI=1S/C16H17NO4S2/c1-2-3-8-21-12-7-5-4-6-11(12)9-13-15(20)17(10-14(18)19)16(22)23-13/h4-7,9H,2-3,8,10H2,1H3,(H,18,19)/p-1/b13-9+. The quantitative estimate of drug-likeness (QED) is 0.424. The van der Waals surface area contributed by atoms with Crippen molar-refractivity contribution >= 4 is 46.3 Å². The summed E-state index contributed by atoms with van der Waals surface area (Å²) >= 11 is 6.13. The molecule has 5 nitrogen and oxygen atoms in total. The lowest BCUT2D eigenvalue weighted by atomic mass is 10.2. The van der Waals surface area contributed by atoms with Gasteiger partial charge < -0.3 is 14.6 Å². The Kier molecular flexibility index (Phi) is 6.18. The van der Waals surface area contributed by atoms with Crippen LogP contribution in [0.3, 0.4) is 0 Å². The van der Waals surface area contributed by atoms with Crippen molar-refractivity contribution in [2.24, 2.45) is 0 Å². The van der Waals surface area contributed by atoms with E-state index in [9.17, 15) is 14.7 Å². The molecule has 1 saturated heterocycles. The summed E-state index contributed by atoms with van der Waals surface area (Å²) in [6, 6.07) is 7.39. The fourth-order valence-corrected chi connectivity index (χ4v) is 3.21. The minimum atomic E-state index is -1.34. The SMILES string of the molecule is CCCCOc1ccccc1/C=C1/SC(=S)N(CC(=O)[O-])C1=O. The number of unbranched alkanes of at least 4 members (excludes halogenated alkanes) is 1. The third-order valence-corrected chi connectivity index (χ3v) is 4.50. The molecule has 0 saturated carbocycles. The lowest BCUT2D eigenvalue weighted by Crippen LogP contribution is -2.40. The second-order valence-corrected chi connectivity index (χ2v) is 6.56. The Morgan fingerprint density at radius 3 is 2.87 bits per heavy atom.